The van der Waals surface area contributed by atoms with Crippen molar-refractivity contribution in [2.75, 3.05) is 13.7 Å². The van der Waals surface area contributed by atoms with Crippen LogP contribution in [0.3, 0.4) is 0 Å². The Hall–Kier alpha value is -1.48. The van der Waals surface area contributed by atoms with E-state index in [2.05, 4.69) is 4.98 Å². The van der Waals surface area contributed by atoms with Gasteiger partial charge in [0.2, 0.25) is 0 Å². The van der Waals surface area contributed by atoms with Gasteiger partial charge in [0, 0.05) is 19.4 Å². The first-order chi connectivity index (χ1) is 9.91. The van der Waals surface area contributed by atoms with Gasteiger partial charge in [0.1, 0.15) is 18.3 Å². The second-order valence-corrected chi connectivity index (χ2v) is 5.60. The fourth-order valence-electron chi connectivity index (χ4n) is 2.81. The third-order valence-corrected chi connectivity index (χ3v) is 3.58. The number of methoxy groups -OCH3 is 1. The number of hydrogen-bond acceptors (Lipinski definition) is 6. The van der Waals surface area contributed by atoms with Gasteiger partial charge in [0.05, 0.1) is 6.61 Å². The summed E-state index contributed by atoms with van der Waals surface area (Å²) < 4.78 is 24.0. The topological polar surface area (TPSA) is 91.8 Å². The number of H-pyrrole nitrogens is 1. The van der Waals surface area contributed by atoms with Gasteiger partial charge in [0.15, 0.2) is 12.0 Å². The highest BCUT2D eigenvalue weighted by Crippen LogP contribution is 2.42. The summed E-state index contributed by atoms with van der Waals surface area (Å²) in [6.45, 7) is 3.94. The van der Waals surface area contributed by atoms with Gasteiger partial charge in [-0.25, -0.2) is 4.79 Å². The Morgan fingerprint density at radius 3 is 2.71 bits per heavy atom. The van der Waals surface area contributed by atoms with E-state index in [1.165, 1.54) is 16.8 Å². The van der Waals surface area contributed by atoms with Crippen LogP contribution in [-0.4, -0.2) is 47.4 Å². The van der Waals surface area contributed by atoms with Gasteiger partial charge in [-0.15, -0.1) is 0 Å². The first kappa shape index (κ1) is 14.5. The molecule has 1 aromatic heterocycles. The molecule has 1 N–H and O–H groups in total. The van der Waals surface area contributed by atoms with E-state index in [4.69, 9.17) is 18.9 Å². The SMILES string of the molecule is COC[C@H]1O[C@@H](n2ccc(=O)[nH]c2=O)C2OC(C)(C)OC21. The summed E-state index contributed by atoms with van der Waals surface area (Å²) in [7, 11) is 1.57. The molecule has 8 nitrogen and oxygen atoms in total. The summed E-state index contributed by atoms with van der Waals surface area (Å²) in [6.07, 6.45) is -0.383. The molecular weight excluding hydrogens is 280 g/mol. The molecule has 2 aliphatic heterocycles. The molecule has 2 aliphatic rings. The van der Waals surface area contributed by atoms with Crippen molar-refractivity contribution in [2.24, 2.45) is 0 Å². The number of hydrogen-bond donors (Lipinski definition) is 1. The van der Waals surface area contributed by atoms with E-state index in [0.29, 0.717) is 6.61 Å². The van der Waals surface area contributed by atoms with Crippen molar-refractivity contribution in [1.29, 1.82) is 0 Å². The van der Waals surface area contributed by atoms with E-state index in [9.17, 15) is 9.59 Å². The second-order valence-electron chi connectivity index (χ2n) is 5.60. The number of aromatic nitrogens is 2. The molecule has 2 unspecified atom stereocenters. The molecule has 0 radical (unpaired) electrons. The van der Waals surface area contributed by atoms with Crippen molar-refractivity contribution in [3.63, 3.8) is 0 Å². The highest BCUT2D eigenvalue weighted by Gasteiger charge is 2.56. The van der Waals surface area contributed by atoms with Crippen LogP contribution in [0, 0.1) is 0 Å². The van der Waals surface area contributed by atoms with Crippen molar-refractivity contribution < 1.29 is 18.9 Å². The third-order valence-electron chi connectivity index (χ3n) is 3.58. The molecular formula is C13H18N2O6. The molecule has 0 spiro atoms. The number of nitrogens with zero attached hydrogens (tertiary/aromatic N) is 1. The molecule has 4 atom stereocenters. The monoisotopic (exact) mass is 298 g/mol. The largest absolute Gasteiger partial charge is 0.382 e. The Bertz CT molecular complexity index is 636. The molecule has 1 aromatic rings. The van der Waals surface area contributed by atoms with Gasteiger partial charge in [-0.3, -0.25) is 14.3 Å². The van der Waals surface area contributed by atoms with Gasteiger partial charge in [-0.05, 0) is 13.8 Å². The minimum Gasteiger partial charge on any atom is -0.382 e. The van der Waals surface area contributed by atoms with E-state index in [-0.39, 0.29) is 12.2 Å². The van der Waals surface area contributed by atoms with Crippen LogP contribution >= 0.6 is 0 Å². The summed E-state index contributed by atoms with van der Waals surface area (Å²) in [5.74, 6) is -0.755. The maximum absolute atomic E-state index is 11.9. The average molecular weight is 298 g/mol. The van der Waals surface area contributed by atoms with Gasteiger partial charge in [-0.2, -0.15) is 0 Å². The van der Waals surface area contributed by atoms with Crippen molar-refractivity contribution in [1.82, 2.24) is 9.55 Å². The normalized spacial score (nSPS) is 34.0. The molecule has 2 fully saturated rings. The van der Waals surface area contributed by atoms with Crippen LogP contribution in [0.15, 0.2) is 21.9 Å². The first-order valence-electron chi connectivity index (χ1n) is 6.73. The van der Waals surface area contributed by atoms with Gasteiger partial charge in [-0.1, -0.05) is 0 Å². The smallest absolute Gasteiger partial charge is 0.330 e. The van der Waals surface area contributed by atoms with Crippen LogP contribution in [0.25, 0.3) is 0 Å². The Morgan fingerprint density at radius 1 is 1.33 bits per heavy atom. The fraction of sp³-hybridized carbons (Fsp3) is 0.692. The molecule has 116 valence electrons. The maximum atomic E-state index is 11.9. The van der Waals surface area contributed by atoms with E-state index in [1.54, 1.807) is 7.11 Å². The highest BCUT2D eigenvalue weighted by atomic mass is 16.8. The summed E-state index contributed by atoms with van der Waals surface area (Å²) in [5, 5.41) is 0. The Kier molecular flexibility index (Phi) is 3.48. The Balaban J connectivity index is 1.95. The Labute approximate surface area is 120 Å². The van der Waals surface area contributed by atoms with Crippen LogP contribution in [0.5, 0.6) is 0 Å². The third kappa shape index (κ3) is 2.55. The summed E-state index contributed by atoms with van der Waals surface area (Å²) in [4.78, 5) is 25.3. The van der Waals surface area contributed by atoms with E-state index >= 15 is 0 Å². The number of rotatable bonds is 3. The molecule has 0 saturated carbocycles. The summed E-state index contributed by atoms with van der Waals surface area (Å²) in [6, 6.07) is 1.27. The molecule has 0 aromatic carbocycles. The van der Waals surface area contributed by atoms with Crippen LogP contribution in [-0.2, 0) is 18.9 Å². The van der Waals surface area contributed by atoms with Crippen molar-refractivity contribution in [3.05, 3.63) is 33.1 Å². The van der Waals surface area contributed by atoms with Gasteiger partial charge >= 0.3 is 5.69 Å². The lowest BCUT2D eigenvalue weighted by molar-refractivity contribution is -0.201. The summed E-state index contributed by atoms with van der Waals surface area (Å²) in [5.41, 5.74) is -0.999. The number of ether oxygens (including phenoxy) is 4. The molecule has 8 heteroatoms. The van der Waals surface area contributed by atoms with Crippen molar-refractivity contribution in [2.45, 2.75) is 44.2 Å². The molecule has 0 aliphatic carbocycles. The zero-order chi connectivity index (χ0) is 15.2. The van der Waals surface area contributed by atoms with Crippen molar-refractivity contribution in [3.8, 4) is 0 Å². The van der Waals surface area contributed by atoms with Crippen molar-refractivity contribution >= 4 is 0 Å². The van der Waals surface area contributed by atoms with Gasteiger partial charge < -0.3 is 18.9 Å². The van der Waals surface area contributed by atoms with E-state index < -0.39 is 29.4 Å². The quantitative estimate of drug-likeness (QED) is 0.816. The number of fused-ring (bicyclic) bond motifs is 1. The Morgan fingerprint density at radius 2 is 2.05 bits per heavy atom. The van der Waals surface area contributed by atoms with Gasteiger partial charge in [0.25, 0.3) is 5.56 Å². The molecule has 21 heavy (non-hydrogen) atoms. The lowest BCUT2D eigenvalue weighted by Gasteiger charge is -2.24. The zero-order valence-electron chi connectivity index (χ0n) is 12.1. The number of aromatic amines is 1. The van der Waals surface area contributed by atoms with Crippen LogP contribution in [0.1, 0.15) is 20.1 Å². The standard InChI is InChI=1S/C13H18N2O6/c1-13(2)20-9-7(6-18-3)19-11(10(9)21-13)15-5-4-8(16)14-12(15)17/h4-5,7,9-11H,6H2,1-3H3,(H,14,16,17)/t7-,9?,10?,11-/m1/s1. The minimum absolute atomic E-state index is 0.329. The highest BCUT2D eigenvalue weighted by molar-refractivity contribution is 4.98. The van der Waals surface area contributed by atoms with Crippen LogP contribution in [0.2, 0.25) is 0 Å². The first-order valence-corrected chi connectivity index (χ1v) is 6.73. The lowest BCUT2D eigenvalue weighted by Crippen LogP contribution is -2.37. The molecule has 0 amide bonds. The minimum atomic E-state index is -0.755. The molecule has 2 saturated heterocycles. The van der Waals surface area contributed by atoms with E-state index in [1.807, 2.05) is 13.8 Å². The second kappa shape index (κ2) is 5.06. The molecule has 3 rings (SSSR count). The summed E-state index contributed by atoms with van der Waals surface area (Å²) >= 11 is 0. The average Bonchev–Trinajstić information content (AvgIpc) is 2.85. The molecule has 0 bridgehead atoms. The van der Waals surface area contributed by atoms with Crippen LogP contribution in [0.4, 0.5) is 0 Å². The zero-order valence-corrected chi connectivity index (χ0v) is 12.1. The molecule has 3 heterocycles. The predicted octanol–water partition coefficient (Wildman–Crippen LogP) is -0.399. The fourth-order valence-corrected chi connectivity index (χ4v) is 2.81. The van der Waals surface area contributed by atoms with Crippen LogP contribution < -0.4 is 11.2 Å². The lowest BCUT2D eigenvalue weighted by atomic mass is 10.1. The maximum Gasteiger partial charge on any atom is 0.330 e. The predicted molar refractivity (Wildman–Crippen MR) is 70.9 cm³/mol. The van der Waals surface area contributed by atoms with E-state index in [0.717, 1.165) is 0 Å². The number of nitrogens with one attached hydrogen (secondary N) is 1.